The SMILES string of the molecule is CC(C)(C#N)CNCc1cc(Br)c(Br)s1. The van der Waals surface area contributed by atoms with E-state index in [1.807, 2.05) is 13.8 Å². The fourth-order valence-corrected chi connectivity index (χ4v) is 3.16. The van der Waals surface area contributed by atoms with Gasteiger partial charge in [0.25, 0.3) is 0 Å². The summed E-state index contributed by atoms with van der Waals surface area (Å²) >= 11 is 8.59. The highest BCUT2D eigenvalue weighted by atomic mass is 79.9. The van der Waals surface area contributed by atoms with Crippen LogP contribution in [0.1, 0.15) is 18.7 Å². The molecule has 2 nitrogen and oxygen atoms in total. The van der Waals surface area contributed by atoms with Gasteiger partial charge in [-0.15, -0.1) is 11.3 Å². The van der Waals surface area contributed by atoms with E-state index in [1.54, 1.807) is 11.3 Å². The molecule has 0 aliphatic carbocycles. The quantitative estimate of drug-likeness (QED) is 0.892. The average Bonchev–Trinajstić information content (AvgIpc) is 2.46. The Labute approximate surface area is 111 Å². The van der Waals surface area contributed by atoms with Crippen LogP contribution in [0, 0.1) is 16.7 Å². The molecule has 1 rings (SSSR count). The third-order valence-corrected chi connectivity index (χ3v) is 5.12. The zero-order chi connectivity index (χ0) is 11.5. The van der Waals surface area contributed by atoms with E-state index in [-0.39, 0.29) is 5.41 Å². The van der Waals surface area contributed by atoms with Crippen molar-refractivity contribution in [1.29, 1.82) is 5.26 Å². The van der Waals surface area contributed by atoms with Gasteiger partial charge in [0, 0.05) is 22.4 Å². The zero-order valence-electron chi connectivity index (χ0n) is 8.60. The van der Waals surface area contributed by atoms with Crippen molar-refractivity contribution in [2.75, 3.05) is 6.54 Å². The Morgan fingerprint density at radius 3 is 2.67 bits per heavy atom. The molecule has 1 aromatic rings. The van der Waals surface area contributed by atoms with E-state index in [0.717, 1.165) is 14.8 Å². The van der Waals surface area contributed by atoms with E-state index in [9.17, 15) is 0 Å². The molecule has 0 radical (unpaired) electrons. The Morgan fingerprint density at radius 2 is 2.20 bits per heavy atom. The summed E-state index contributed by atoms with van der Waals surface area (Å²) in [6, 6.07) is 4.35. The number of hydrogen-bond donors (Lipinski definition) is 1. The summed E-state index contributed by atoms with van der Waals surface area (Å²) in [5, 5.41) is 12.1. The van der Waals surface area contributed by atoms with Gasteiger partial charge in [0.2, 0.25) is 0 Å². The molecule has 15 heavy (non-hydrogen) atoms. The van der Waals surface area contributed by atoms with Gasteiger partial charge in [0.1, 0.15) is 0 Å². The fourth-order valence-electron chi connectivity index (χ4n) is 1.02. The molecule has 0 atom stereocenters. The lowest BCUT2D eigenvalue weighted by molar-refractivity contribution is 0.446. The summed E-state index contributed by atoms with van der Waals surface area (Å²) < 4.78 is 2.20. The summed E-state index contributed by atoms with van der Waals surface area (Å²) in [5.41, 5.74) is -0.300. The largest absolute Gasteiger partial charge is 0.310 e. The predicted octanol–water partition coefficient (Wildman–Crippen LogP) is 3.91. The lowest BCUT2D eigenvalue weighted by Crippen LogP contribution is -2.27. The topological polar surface area (TPSA) is 35.8 Å². The molecule has 0 unspecified atom stereocenters. The Morgan fingerprint density at radius 1 is 1.53 bits per heavy atom. The van der Waals surface area contributed by atoms with Gasteiger partial charge in [-0.25, -0.2) is 0 Å². The predicted molar refractivity (Wildman–Crippen MR) is 70.8 cm³/mol. The highest BCUT2D eigenvalue weighted by Gasteiger charge is 2.15. The maximum Gasteiger partial charge on any atom is 0.0843 e. The molecule has 82 valence electrons. The van der Waals surface area contributed by atoms with Crippen molar-refractivity contribution in [3.8, 4) is 6.07 Å². The van der Waals surface area contributed by atoms with E-state index in [4.69, 9.17) is 5.26 Å². The molecule has 1 aromatic heterocycles. The molecule has 5 heteroatoms. The van der Waals surface area contributed by atoms with E-state index < -0.39 is 0 Å². The molecule has 0 saturated carbocycles. The standard InChI is InChI=1S/C10H12Br2N2S/c1-10(2,5-13)6-14-4-7-3-8(11)9(12)15-7/h3,14H,4,6H2,1-2H3. The van der Waals surface area contributed by atoms with Crippen molar-refractivity contribution in [1.82, 2.24) is 5.32 Å². The smallest absolute Gasteiger partial charge is 0.0843 e. The normalized spacial score (nSPS) is 11.4. The van der Waals surface area contributed by atoms with Crippen LogP contribution in [0.15, 0.2) is 14.3 Å². The second kappa shape index (κ2) is 5.44. The summed E-state index contributed by atoms with van der Waals surface area (Å²) in [7, 11) is 0. The minimum Gasteiger partial charge on any atom is -0.310 e. The van der Waals surface area contributed by atoms with Crippen molar-refractivity contribution >= 4 is 43.2 Å². The average molecular weight is 352 g/mol. The lowest BCUT2D eigenvalue weighted by atomic mass is 9.96. The molecular weight excluding hydrogens is 340 g/mol. The van der Waals surface area contributed by atoms with Gasteiger partial charge in [0.05, 0.1) is 15.3 Å². The van der Waals surface area contributed by atoms with Gasteiger partial charge in [-0.05, 0) is 51.8 Å². The Balaban J connectivity index is 2.42. The first-order chi connectivity index (χ1) is 6.94. The number of nitrogens with one attached hydrogen (secondary N) is 1. The van der Waals surface area contributed by atoms with Crippen LogP contribution < -0.4 is 5.32 Å². The Kier molecular flexibility index (Phi) is 4.78. The maximum absolute atomic E-state index is 8.84. The Bertz CT molecular complexity index is 360. The molecule has 1 N–H and O–H groups in total. The molecule has 0 bridgehead atoms. The van der Waals surface area contributed by atoms with Crippen molar-refractivity contribution < 1.29 is 0 Å². The molecule has 0 aromatic carbocycles. The zero-order valence-corrected chi connectivity index (χ0v) is 12.6. The molecule has 0 amide bonds. The number of nitrogens with zero attached hydrogens (tertiary/aromatic N) is 1. The third kappa shape index (κ3) is 4.23. The van der Waals surface area contributed by atoms with Crippen LogP contribution in [0.5, 0.6) is 0 Å². The van der Waals surface area contributed by atoms with Crippen LogP contribution in [0.4, 0.5) is 0 Å². The highest BCUT2D eigenvalue weighted by molar-refractivity contribution is 9.13. The van der Waals surface area contributed by atoms with E-state index in [2.05, 4.69) is 49.3 Å². The van der Waals surface area contributed by atoms with Crippen LogP contribution in [-0.2, 0) is 6.54 Å². The van der Waals surface area contributed by atoms with E-state index >= 15 is 0 Å². The van der Waals surface area contributed by atoms with Crippen LogP contribution in [0.3, 0.4) is 0 Å². The van der Waals surface area contributed by atoms with Crippen LogP contribution in [0.2, 0.25) is 0 Å². The second-order valence-corrected chi connectivity index (χ2v) is 7.24. The first kappa shape index (κ1) is 13.2. The molecule has 0 saturated heterocycles. The van der Waals surface area contributed by atoms with E-state index in [0.29, 0.717) is 6.54 Å². The van der Waals surface area contributed by atoms with Gasteiger partial charge in [0.15, 0.2) is 0 Å². The van der Waals surface area contributed by atoms with Crippen LogP contribution in [0.25, 0.3) is 0 Å². The molecular formula is C10H12Br2N2S. The van der Waals surface area contributed by atoms with Gasteiger partial charge in [-0.2, -0.15) is 5.26 Å². The Hall–Kier alpha value is 0.110. The molecule has 0 fully saturated rings. The van der Waals surface area contributed by atoms with Crippen LogP contribution in [-0.4, -0.2) is 6.54 Å². The minimum absolute atomic E-state index is 0.300. The van der Waals surface area contributed by atoms with Gasteiger partial charge in [-0.3, -0.25) is 0 Å². The number of nitriles is 1. The molecule has 1 heterocycles. The maximum atomic E-state index is 8.84. The van der Waals surface area contributed by atoms with Crippen molar-refractivity contribution in [2.45, 2.75) is 20.4 Å². The van der Waals surface area contributed by atoms with Crippen LogP contribution >= 0.6 is 43.2 Å². The number of hydrogen-bond acceptors (Lipinski definition) is 3. The summed E-state index contributed by atoms with van der Waals surface area (Å²) in [6.45, 7) is 5.37. The van der Waals surface area contributed by atoms with E-state index in [1.165, 1.54) is 4.88 Å². The molecule has 0 spiro atoms. The summed E-state index contributed by atoms with van der Waals surface area (Å²) in [5.74, 6) is 0. The van der Waals surface area contributed by atoms with Crippen molar-refractivity contribution in [3.63, 3.8) is 0 Å². The monoisotopic (exact) mass is 350 g/mol. The first-order valence-electron chi connectivity index (χ1n) is 4.50. The summed E-state index contributed by atoms with van der Waals surface area (Å²) in [4.78, 5) is 1.25. The van der Waals surface area contributed by atoms with Gasteiger partial charge >= 0.3 is 0 Å². The molecule has 0 aliphatic rings. The minimum atomic E-state index is -0.300. The van der Waals surface area contributed by atoms with Gasteiger partial charge in [-0.1, -0.05) is 0 Å². The van der Waals surface area contributed by atoms with Crippen molar-refractivity contribution in [3.05, 3.63) is 19.2 Å². The number of thiophene rings is 1. The summed E-state index contributed by atoms with van der Waals surface area (Å²) in [6.07, 6.45) is 0. The van der Waals surface area contributed by atoms with Gasteiger partial charge < -0.3 is 5.32 Å². The number of rotatable bonds is 4. The van der Waals surface area contributed by atoms with Crippen molar-refractivity contribution in [2.24, 2.45) is 5.41 Å². The third-order valence-electron chi connectivity index (χ3n) is 1.87. The highest BCUT2D eigenvalue weighted by Crippen LogP contribution is 2.32. The number of halogens is 2. The first-order valence-corrected chi connectivity index (χ1v) is 6.90. The second-order valence-electron chi connectivity index (χ2n) is 3.93. The lowest BCUT2D eigenvalue weighted by Gasteiger charge is -2.15. The fraction of sp³-hybridized carbons (Fsp3) is 0.500. The molecule has 0 aliphatic heterocycles.